The van der Waals surface area contributed by atoms with Gasteiger partial charge in [0.2, 0.25) is 0 Å². The van der Waals surface area contributed by atoms with Gasteiger partial charge in [0.25, 0.3) is 5.91 Å². The van der Waals surface area contributed by atoms with E-state index in [0.29, 0.717) is 19.4 Å². The molecule has 0 bridgehead atoms. The average Bonchev–Trinajstić information content (AvgIpc) is 2.53. The molecule has 1 aromatic carbocycles. The molecule has 5 nitrogen and oxygen atoms in total. The van der Waals surface area contributed by atoms with Crippen molar-refractivity contribution in [2.75, 3.05) is 26.2 Å². The maximum atomic E-state index is 12.8. The van der Waals surface area contributed by atoms with Crippen molar-refractivity contribution in [1.82, 2.24) is 9.80 Å². The van der Waals surface area contributed by atoms with E-state index >= 15 is 0 Å². The zero-order valence-electron chi connectivity index (χ0n) is 12.0. The first-order valence-electron chi connectivity index (χ1n) is 6.85. The number of halogens is 4. The number of nitrogens with two attached hydrogens (primary N) is 1. The summed E-state index contributed by atoms with van der Waals surface area (Å²) >= 11 is 5.87. The van der Waals surface area contributed by atoms with Gasteiger partial charge in [-0.15, -0.1) is 0 Å². The zero-order chi connectivity index (χ0) is 17.2. The van der Waals surface area contributed by atoms with Gasteiger partial charge in [-0.25, -0.2) is 0 Å². The molecule has 0 aliphatic carbocycles. The molecule has 0 spiro atoms. The summed E-state index contributed by atoms with van der Waals surface area (Å²) in [7, 11) is 0. The van der Waals surface area contributed by atoms with Gasteiger partial charge < -0.3 is 15.4 Å². The molecule has 0 aromatic heterocycles. The monoisotopic (exact) mass is 349 g/mol. The van der Waals surface area contributed by atoms with Gasteiger partial charge in [-0.2, -0.15) is 13.2 Å². The lowest BCUT2D eigenvalue weighted by atomic mass is 10.1. The highest BCUT2D eigenvalue weighted by atomic mass is 35.5. The lowest BCUT2D eigenvalue weighted by molar-refractivity contribution is -0.137. The summed E-state index contributed by atoms with van der Waals surface area (Å²) in [4.78, 5) is 26.1. The van der Waals surface area contributed by atoms with Gasteiger partial charge in [0.15, 0.2) is 6.29 Å². The molecule has 1 aliphatic heterocycles. The Morgan fingerprint density at radius 3 is 2.39 bits per heavy atom. The number of hydrogen-bond donors (Lipinski definition) is 1. The number of piperazine rings is 1. The van der Waals surface area contributed by atoms with Crippen LogP contribution in [0.4, 0.5) is 13.2 Å². The van der Waals surface area contributed by atoms with Crippen LogP contribution in [-0.4, -0.2) is 54.3 Å². The number of carbonyl (C=O) groups is 2. The van der Waals surface area contributed by atoms with Crippen molar-refractivity contribution in [3.8, 4) is 0 Å². The fourth-order valence-electron chi connectivity index (χ4n) is 2.35. The first-order chi connectivity index (χ1) is 10.7. The van der Waals surface area contributed by atoms with Crippen molar-refractivity contribution in [3.63, 3.8) is 0 Å². The van der Waals surface area contributed by atoms with Crippen LogP contribution in [0.2, 0.25) is 5.02 Å². The van der Waals surface area contributed by atoms with Crippen LogP contribution in [0, 0.1) is 0 Å². The van der Waals surface area contributed by atoms with Crippen molar-refractivity contribution in [1.29, 1.82) is 0 Å². The van der Waals surface area contributed by atoms with Crippen LogP contribution >= 0.6 is 11.6 Å². The first-order valence-corrected chi connectivity index (χ1v) is 7.23. The van der Waals surface area contributed by atoms with Crippen molar-refractivity contribution < 1.29 is 22.8 Å². The molecule has 1 saturated heterocycles. The van der Waals surface area contributed by atoms with Gasteiger partial charge in [0.1, 0.15) is 6.17 Å². The highest BCUT2D eigenvalue weighted by Gasteiger charge is 2.33. The fraction of sp³-hybridized carbons (Fsp3) is 0.429. The summed E-state index contributed by atoms with van der Waals surface area (Å²) in [6.07, 6.45) is -4.69. The highest BCUT2D eigenvalue weighted by Crippen LogP contribution is 2.32. The molecular formula is C14H15ClF3N3O2. The summed E-state index contributed by atoms with van der Waals surface area (Å²) < 4.78 is 38.3. The number of nitrogens with zero attached hydrogens (tertiary/aromatic N) is 2. The van der Waals surface area contributed by atoms with Crippen LogP contribution < -0.4 is 5.73 Å². The van der Waals surface area contributed by atoms with E-state index in [4.69, 9.17) is 17.3 Å². The van der Waals surface area contributed by atoms with Crippen LogP contribution in [0.1, 0.15) is 15.9 Å². The number of benzene rings is 1. The largest absolute Gasteiger partial charge is 0.416 e. The summed E-state index contributed by atoms with van der Waals surface area (Å²) in [6, 6.07) is 2.66. The number of rotatable bonds is 3. The minimum atomic E-state index is -4.55. The Hall–Kier alpha value is -1.64. The summed E-state index contributed by atoms with van der Waals surface area (Å²) in [5.74, 6) is -0.569. The predicted octanol–water partition coefficient (Wildman–Crippen LogP) is 1.60. The molecule has 1 amide bonds. The molecule has 1 atom stereocenters. The molecule has 126 valence electrons. The molecule has 2 N–H and O–H groups in total. The number of aldehydes is 1. The number of hydrogen-bond acceptors (Lipinski definition) is 4. The quantitative estimate of drug-likeness (QED) is 0.842. The van der Waals surface area contributed by atoms with E-state index in [2.05, 4.69) is 0 Å². The topological polar surface area (TPSA) is 66.6 Å². The third kappa shape index (κ3) is 4.01. The fourth-order valence-corrected chi connectivity index (χ4v) is 2.54. The molecule has 0 saturated carbocycles. The van der Waals surface area contributed by atoms with Crippen molar-refractivity contribution >= 4 is 23.8 Å². The van der Waals surface area contributed by atoms with E-state index in [9.17, 15) is 22.8 Å². The minimum Gasteiger partial charge on any atom is -0.336 e. The van der Waals surface area contributed by atoms with Gasteiger partial charge >= 0.3 is 6.18 Å². The normalized spacial score (nSPS) is 17.9. The maximum absolute atomic E-state index is 12.8. The van der Waals surface area contributed by atoms with Crippen LogP contribution in [-0.2, 0) is 11.0 Å². The van der Waals surface area contributed by atoms with Gasteiger partial charge in [-0.1, -0.05) is 11.6 Å². The summed E-state index contributed by atoms with van der Waals surface area (Å²) in [5, 5.41) is -0.0324. The van der Waals surface area contributed by atoms with Gasteiger partial charge in [-0.05, 0) is 18.2 Å². The zero-order valence-corrected chi connectivity index (χ0v) is 12.8. The Bertz CT molecular complexity index is 601. The average molecular weight is 350 g/mol. The molecule has 0 radical (unpaired) electrons. The predicted molar refractivity (Wildman–Crippen MR) is 78.0 cm³/mol. The standard InChI is InChI=1S/C14H15ClF3N3O2/c15-11-2-1-9(14(16,17)18)7-10(11)13(23)21-5-3-20(4-6-21)12(19)8-22/h1-2,7-8,12H,3-6,19H2. The Morgan fingerprint density at radius 1 is 1.26 bits per heavy atom. The van der Waals surface area contributed by atoms with Gasteiger partial charge in [0.05, 0.1) is 16.1 Å². The number of alkyl halides is 3. The van der Waals surface area contributed by atoms with Crippen LogP contribution in [0.15, 0.2) is 18.2 Å². The summed E-state index contributed by atoms with van der Waals surface area (Å²) in [6.45, 7) is 1.24. The molecular weight excluding hydrogens is 335 g/mol. The second-order valence-electron chi connectivity index (χ2n) is 5.15. The SMILES string of the molecule is NC(C=O)N1CCN(C(=O)c2cc(C(F)(F)F)ccc2Cl)CC1. The molecule has 1 unspecified atom stereocenters. The highest BCUT2D eigenvalue weighted by molar-refractivity contribution is 6.33. The van der Waals surface area contributed by atoms with E-state index < -0.39 is 23.8 Å². The van der Waals surface area contributed by atoms with Crippen molar-refractivity contribution in [2.24, 2.45) is 5.73 Å². The van der Waals surface area contributed by atoms with Crippen molar-refractivity contribution in [2.45, 2.75) is 12.3 Å². The van der Waals surface area contributed by atoms with E-state index in [1.54, 1.807) is 4.90 Å². The van der Waals surface area contributed by atoms with Crippen molar-refractivity contribution in [3.05, 3.63) is 34.3 Å². The van der Waals surface area contributed by atoms with Crippen LogP contribution in [0.25, 0.3) is 0 Å². The molecule has 1 aromatic rings. The van der Waals surface area contributed by atoms with E-state index in [1.807, 2.05) is 0 Å². The molecule has 1 heterocycles. The molecule has 1 aliphatic rings. The Morgan fingerprint density at radius 2 is 1.87 bits per heavy atom. The second kappa shape index (κ2) is 6.86. The number of amides is 1. The Labute approximate surface area is 135 Å². The second-order valence-corrected chi connectivity index (χ2v) is 5.55. The van der Waals surface area contributed by atoms with E-state index in [1.165, 1.54) is 4.90 Å². The van der Waals surface area contributed by atoms with E-state index in [-0.39, 0.29) is 23.7 Å². The molecule has 9 heteroatoms. The Balaban J connectivity index is 2.14. The molecule has 1 fully saturated rings. The summed E-state index contributed by atoms with van der Waals surface area (Å²) in [5.41, 5.74) is 4.47. The smallest absolute Gasteiger partial charge is 0.336 e. The van der Waals surface area contributed by atoms with Gasteiger partial charge in [0, 0.05) is 26.2 Å². The van der Waals surface area contributed by atoms with Gasteiger partial charge in [-0.3, -0.25) is 9.69 Å². The van der Waals surface area contributed by atoms with Crippen LogP contribution in [0.3, 0.4) is 0 Å². The third-order valence-corrected chi connectivity index (χ3v) is 4.02. The molecule has 2 rings (SSSR count). The first kappa shape index (κ1) is 17.7. The number of carbonyl (C=O) groups excluding carboxylic acids is 2. The lowest BCUT2D eigenvalue weighted by Gasteiger charge is -2.36. The lowest BCUT2D eigenvalue weighted by Crippen LogP contribution is -2.55. The van der Waals surface area contributed by atoms with Crippen LogP contribution in [0.5, 0.6) is 0 Å². The third-order valence-electron chi connectivity index (χ3n) is 3.69. The molecule has 23 heavy (non-hydrogen) atoms. The van der Waals surface area contributed by atoms with E-state index in [0.717, 1.165) is 18.2 Å². The Kier molecular flexibility index (Phi) is 5.28. The maximum Gasteiger partial charge on any atom is 0.416 e. The minimum absolute atomic E-state index is 0.0324.